The number of benzene rings is 2. The van der Waals surface area contributed by atoms with Gasteiger partial charge < -0.3 is 20.9 Å². The highest BCUT2D eigenvalue weighted by Crippen LogP contribution is 2.29. The molecule has 1 aromatic heterocycles. The number of carbonyl (C=O) groups excluding carboxylic acids is 2. The Hall–Kier alpha value is -4.19. The van der Waals surface area contributed by atoms with Gasteiger partial charge in [0.25, 0.3) is 5.91 Å². The molecule has 13 heteroatoms. The number of carbonyl (C=O) groups is 2. The lowest BCUT2D eigenvalue weighted by molar-refractivity contribution is -0.137. The summed E-state index contributed by atoms with van der Waals surface area (Å²) < 4.78 is 52.7. The molecule has 0 saturated carbocycles. The van der Waals surface area contributed by atoms with E-state index in [-0.39, 0.29) is 34.6 Å². The lowest BCUT2D eigenvalue weighted by Gasteiger charge is -2.17. The molecule has 3 N–H and O–H groups in total. The second-order valence-corrected chi connectivity index (χ2v) is 8.30. The first kappa shape index (κ1) is 28.4. The molecule has 1 heterocycles. The second-order valence-electron chi connectivity index (χ2n) is 7.90. The first-order valence-electron chi connectivity index (χ1n) is 11.2. The Morgan fingerprint density at radius 3 is 2.63 bits per heavy atom. The Kier molecular flexibility index (Phi) is 9.24. The zero-order valence-electron chi connectivity index (χ0n) is 20.1. The molecule has 0 bridgehead atoms. The molecule has 0 aliphatic rings. The highest BCUT2D eigenvalue weighted by molar-refractivity contribution is 6.32. The molecule has 3 aromatic rings. The van der Waals surface area contributed by atoms with Gasteiger partial charge in [0.15, 0.2) is 0 Å². The molecule has 0 unspecified atom stereocenters. The number of likely N-dealkylation sites (N-methyl/N-ethyl adjacent to an activating group) is 1. The van der Waals surface area contributed by atoms with Crippen LogP contribution in [0.2, 0.25) is 5.02 Å². The van der Waals surface area contributed by atoms with E-state index in [0.29, 0.717) is 18.7 Å². The number of hydrogen-bond donors (Lipinski definition) is 3. The van der Waals surface area contributed by atoms with Crippen LogP contribution in [0.3, 0.4) is 0 Å². The zero-order chi connectivity index (χ0) is 27.9. The minimum atomic E-state index is -4.54. The van der Waals surface area contributed by atoms with Crippen LogP contribution in [-0.4, -0.2) is 41.9 Å². The van der Waals surface area contributed by atoms with Gasteiger partial charge in [0.2, 0.25) is 11.9 Å². The summed E-state index contributed by atoms with van der Waals surface area (Å²) in [6, 6.07) is 8.21. The predicted octanol–water partition coefficient (Wildman–Crippen LogP) is 5.41. The maximum atomic E-state index is 14.2. The number of rotatable bonds is 10. The van der Waals surface area contributed by atoms with Crippen molar-refractivity contribution in [1.29, 1.82) is 0 Å². The van der Waals surface area contributed by atoms with E-state index in [9.17, 15) is 27.2 Å². The van der Waals surface area contributed by atoms with Crippen molar-refractivity contribution in [2.45, 2.75) is 12.6 Å². The van der Waals surface area contributed by atoms with Gasteiger partial charge in [-0.15, -0.1) is 0 Å². The van der Waals surface area contributed by atoms with Gasteiger partial charge in [-0.2, -0.15) is 18.2 Å². The van der Waals surface area contributed by atoms with E-state index in [1.54, 1.807) is 0 Å². The van der Waals surface area contributed by atoms with Crippen molar-refractivity contribution in [3.05, 3.63) is 83.3 Å². The van der Waals surface area contributed by atoms with Crippen molar-refractivity contribution < 1.29 is 27.2 Å². The van der Waals surface area contributed by atoms with Crippen LogP contribution in [0, 0.1) is 5.82 Å². The normalized spacial score (nSPS) is 11.0. The van der Waals surface area contributed by atoms with Crippen molar-refractivity contribution in [3.63, 3.8) is 0 Å². The SMILES string of the molecule is C=CC(=O)N(C)c1cc(Nc2ncc(Cl)c(NCCCNC(=O)c3cccc(C(F)(F)F)c3)n2)ccc1F. The fourth-order valence-corrected chi connectivity index (χ4v) is 3.38. The first-order chi connectivity index (χ1) is 18.0. The summed E-state index contributed by atoms with van der Waals surface area (Å²) in [7, 11) is 1.41. The van der Waals surface area contributed by atoms with Gasteiger partial charge in [-0.05, 0) is 48.9 Å². The van der Waals surface area contributed by atoms with Crippen LogP contribution in [0.1, 0.15) is 22.3 Å². The van der Waals surface area contributed by atoms with Crippen LogP contribution in [0.25, 0.3) is 0 Å². The van der Waals surface area contributed by atoms with Gasteiger partial charge >= 0.3 is 6.18 Å². The van der Waals surface area contributed by atoms with Gasteiger partial charge in [0.05, 0.1) is 17.4 Å². The van der Waals surface area contributed by atoms with Gasteiger partial charge in [-0.25, -0.2) is 9.37 Å². The third-order valence-corrected chi connectivity index (χ3v) is 5.47. The van der Waals surface area contributed by atoms with E-state index in [2.05, 4.69) is 32.5 Å². The number of halogens is 5. The van der Waals surface area contributed by atoms with Crippen LogP contribution in [0.5, 0.6) is 0 Å². The number of anilines is 4. The van der Waals surface area contributed by atoms with Crippen molar-refractivity contribution in [1.82, 2.24) is 15.3 Å². The topological polar surface area (TPSA) is 99.3 Å². The van der Waals surface area contributed by atoms with E-state index in [1.165, 1.54) is 43.6 Å². The van der Waals surface area contributed by atoms with E-state index < -0.39 is 29.4 Å². The molecule has 0 spiro atoms. The molecule has 0 fully saturated rings. The molecule has 0 saturated heterocycles. The van der Waals surface area contributed by atoms with E-state index in [1.807, 2.05) is 0 Å². The van der Waals surface area contributed by atoms with E-state index >= 15 is 0 Å². The third-order valence-electron chi connectivity index (χ3n) is 5.20. The number of aromatic nitrogens is 2. The number of alkyl halides is 3. The number of amides is 2. The van der Waals surface area contributed by atoms with Crippen LogP contribution >= 0.6 is 11.6 Å². The third kappa shape index (κ3) is 7.42. The highest BCUT2D eigenvalue weighted by atomic mass is 35.5. The fraction of sp³-hybridized carbons (Fsp3) is 0.200. The van der Waals surface area contributed by atoms with Gasteiger partial charge in [0, 0.05) is 31.4 Å². The van der Waals surface area contributed by atoms with Crippen molar-refractivity contribution in [2.75, 3.05) is 35.7 Å². The fourth-order valence-electron chi connectivity index (χ4n) is 3.22. The number of nitrogens with zero attached hydrogens (tertiary/aromatic N) is 3. The van der Waals surface area contributed by atoms with Crippen molar-refractivity contribution in [2.24, 2.45) is 0 Å². The Morgan fingerprint density at radius 1 is 1.16 bits per heavy atom. The minimum absolute atomic E-state index is 0.0272. The van der Waals surface area contributed by atoms with Crippen LogP contribution in [0.4, 0.5) is 40.7 Å². The smallest absolute Gasteiger partial charge is 0.369 e. The molecular weight excluding hydrogens is 528 g/mol. The molecule has 2 aromatic carbocycles. The summed E-state index contributed by atoms with van der Waals surface area (Å²) in [6.45, 7) is 3.90. The van der Waals surface area contributed by atoms with Crippen LogP contribution in [-0.2, 0) is 11.0 Å². The maximum absolute atomic E-state index is 14.2. The zero-order valence-corrected chi connectivity index (χ0v) is 20.8. The maximum Gasteiger partial charge on any atom is 0.416 e. The van der Waals surface area contributed by atoms with Crippen molar-refractivity contribution in [3.8, 4) is 0 Å². The second kappa shape index (κ2) is 12.4. The standard InChI is InChI=1S/C25H23ClF4N6O2/c1-3-21(37)36(2)20-13-17(8-9-19(20)27)34-24-33-14-18(26)22(35-24)31-10-5-11-32-23(38)15-6-4-7-16(12-15)25(28,29)30/h3-4,6-9,12-14H,1,5,10-11H2,2H3,(H,32,38)(H2,31,33,34,35). The number of nitrogens with one attached hydrogen (secondary N) is 3. The highest BCUT2D eigenvalue weighted by Gasteiger charge is 2.30. The molecular formula is C25H23ClF4N6O2. The summed E-state index contributed by atoms with van der Waals surface area (Å²) in [6.07, 6.45) is -1.70. The monoisotopic (exact) mass is 550 g/mol. The summed E-state index contributed by atoms with van der Waals surface area (Å²) in [5.74, 6) is -1.28. The average molecular weight is 551 g/mol. The van der Waals surface area contributed by atoms with Gasteiger partial charge in [-0.3, -0.25) is 9.59 Å². The van der Waals surface area contributed by atoms with Crippen LogP contribution in [0.15, 0.2) is 61.3 Å². The molecule has 38 heavy (non-hydrogen) atoms. The largest absolute Gasteiger partial charge is 0.416 e. The van der Waals surface area contributed by atoms with Crippen molar-refractivity contribution >= 4 is 46.6 Å². The summed E-state index contributed by atoms with van der Waals surface area (Å²) in [5.41, 5.74) is -0.551. The minimum Gasteiger partial charge on any atom is -0.369 e. The Morgan fingerprint density at radius 2 is 1.92 bits per heavy atom. The summed E-state index contributed by atoms with van der Waals surface area (Å²) in [5, 5.41) is 8.69. The Balaban J connectivity index is 1.56. The quantitative estimate of drug-likeness (QED) is 0.177. The Labute approximate surface area is 220 Å². The summed E-state index contributed by atoms with van der Waals surface area (Å²) in [4.78, 5) is 33.5. The lowest BCUT2D eigenvalue weighted by Crippen LogP contribution is -2.26. The molecule has 0 radical (unpaired) electrons. The molecule has 3 rings (SSSR count). The van der Waals surface area contributed by atoms with Crippen LogP contribution < -0.4 is 20.9 Å². The molecule has 8 nitrogen and oxygen atoms in total. The molecule has 0 atom stereocenters. The van der Waals surface area contributed by atoms with Gasteiger partial charge in [0.1, 0.15) is 16.7 Å². The first-order valence-corrected chi connectivity index (χ1v) is 11.6. The lowest BCUT2D eigenvalue weighted by atomic mass is 10.1. The molecule has 200 valence electrons. The number of hydrogen-bond acceptors (Lipinski definition) is 6. The van der Waals surface area contributed by atoms with E-state index in [0.717, 1.165) is 23.1 Å². The van der Waals surface area contributed by atoms with E-state index in [4.69, 9.17) is 11.6 Å². The predicted molar refractivity (Wildman–Crippen MR) is 137 cm³/mol. The molecule has 0 aliphatic heterocycles. The average Bonchev–Trinajstić information content (AvgIpc) is 2.89. The van der Waals surface area contributed by atoms with Gasteiger partial charge in [-0.1, -0.05) is 24.2 Å². The summed E-state index contributed by atoms with van der Waals surface area (Å²) >= 11 is 6.15. The molecule has 2 amide bonds. The Bertz CT molecular complexity index is 1340. The molecule has 0 aliphatic carbocycles.